The van der Waals surface area contributed by atoms with Crippen molar-refractivity contribution in [2.75, 3.05) is 123 Å². The van der Waals surface area contributed by atoms with Crippen molar-refractivity contribution in [1.29, 1.82) is 0 Å². The first-order chi connectivity index (χ1) is 54.5. The lowest BCUT2D eigenvalue weighted by molar-refractivity contribution is -0.143. The highest BCUT2D eigenvalue weighted by Gasteiger charge is 2.41. The van der Waals surface area contributed by atoms with E-state index in [0.717, 1.165) is 4.90 Å². The molecule has 0 unspecified atom stereocenters. The van der Waals surface area contributed by atoms with E-state index in [4.69, 9.17) is 11.5 Å². The van der Waals surface area contributed by atoms with Crippen molar-refractivity contribution >= 4 is 111 Å². The Labute approximate surface area is 671 Å². The number of amides is 12. The van der Waals surface area contributed by atoms with Gasteiger partial charge in [-0.05, 0) is 61.1 Å². The Morgan fingerprint density at radius 2 is 1.12 bits per heavy atom. The Bertz CT molecular complexity index is 3990. The monoisotopic (exact) mass is 1620 g/mol. The summed E-state index contributed by atoms with van der Waals surface area (Å²) < 4.78 is 0. The van der Waals surface area contributed by atoms with Gasteiger partial charge in [-0.3, -0.25) is 96.4 Å². The zero-order chi connectivity index (χ0) is 84.2. The average Bonchev–Trinajstić information content (AvgIpc) is 1.75. The summed E-state index contributed by atoms with van der Waals surface area (Å²) in [4.78, 5) is 224. The molecule has 12 amide bonds. The fraction of sp³-hybridized carbons (Fsp3) is 0.579. The van der Waals surface area contributed by atoms with Gasteiger partial charge in [0.25, 0.3) is 0 Å². The minimum absolute atomic E-state index is 0.0623. The summed E-state index contributed by atoms with van der Waals surface area (Å²) in [5.74, 6) is -11.6. The van der Waals surface area contributed by atoms with Crippen LogP contribution in [0.15, 0.2) is 73.3 Å². The van der Waals surface area contributed by atoms with Crippen LogP contribution in [-0.4, -0.2) is 331 Å². The molecule has 5 heterocycles. The first-order valence-corrected chi connectivity index (χ1v) is 39.6. The number of likely N-dealkylation sites (tertiary alicyclic amines) is 1. The topological polar surface area (TPSA) is 532 Å². The molecular formula is C76H112N20O18S. The van der Waals surface area contributed by atoms with Gasteiger partial charge in [0.2, 0.25) is 70.9 Å². The molecule has 0 spiro atoms. The zero-order valence-corrected chi connectivity index (χ0v) is 67.0. The summed E-state index contributed by atoms with van der Waals surface area (Å²) in [5, 5.41) is 51.6. The van der Waals surface area contributed by atoms with Gasteiger partial charge in [-0.25, -0.2) is 4.98 Å². The largest absolute Gasteiger partial charge is 0.480 e. The molecule has 0 saturated carbocycles. The van der Waals surface area contributed by atoms with Gasteiger partial charge in [0.1, 0.15) is 48.3 Å². The van der Waals surface area contributed by atoms with Crippen molar-refractivity contribution in [2.45, 2.75) is 147 Å². The molecule has 2 aromatic heterocycles. The standard InChI is InChI=1S/C76H112N20O18S/c1-46(2)31-57(75(114)96-45-115-43-59(96)68(78)107)88-73(112)58(34-51-36-79-44-82-51)90(7)63(100)37-81-74(113)67(76(4,5)6)89-69(108)47(3)83-71(110)56(33-49-35-80-53-16-12-11-15-52(49)53)87-70(109)54(17-18-60(77)97)86-72(111)55(32-48-13-9-8-10-14-48)85-62(99)39-91-21-19-50(20-22-91)84-61(98)38-92-23-25-93(40-64(101)102)27-29-95(42-66(105)106)30-28-94(26-24-92)41-65(103)104/h8-16,35-36,44,46-47,50,54-59,67,80H,17-34,37-43,45H2,1-7H3,(H2,77,97)(H2,78,107)(H,79,82)(H,81,113)(H,83,110)(H,84,98)(H,85,99)(H,86,111)(H,87,109)(H,88,112)(H,89,108)(H,101,102)(H,103,104)(H,105,106)/t47-,54-,55+,56-,57-,58-,59-,67+/m0/s1. The Hall–Kier alpha value is -10.6. The average molecular weight is 1630 g/mol. The quantitative estimate of drug-likeness (QED) is 0.0207. The second-order valence-electron chi connectivity index (χ2n) is 30.9. The van der Waals surface area contributed by atoms with E-state index in [1.807, 2.05) is 23.6 Å². The Morgan fingerprint density at radius 3 is 1.68 bits per heavy atom. The number of carbonyl (C=O) groups excluding carboxylic acids is 12. The van der Waals surface area contributed by atoms with Crippen LogP contribution in [0.4, 0.5) is 0 Å². The Morgan fingerprint density at radius 1 is 0.591 bits per heavy atom. The van der Waals surface area contributed by atoms with E-state index in [0.29, 0.717) is 59.4 Å². The molecule has 3 saturated heterocycles. The van der Waals surface area contributed by atoms with Gasteiger partial charge >= 0.3 is 17.9 Å². The Kier molecular flexibility index (Phi) is 35.3. The van der Waals surface area contributed by atoms with Gasteiger partial charge in [0, 0.05) is 139 Å². The van der Waals surface area contributed by atoms with Crippen LogP contribution in [0.3, 0.4) is 0 Å². The Balaban J connectivity index is 0.992. The summed E-state index contributed by atoms with van der Waals surface area (Å²) in [6, 6.07) is 5.17. The molecule has 17 N–H and O–H groups in total. The second-order valence-corrected chi connectivity index (χ2v) is 31.9. The van der Waals surface area contributed by atoms with Crippen LogP contribution in [0.25, 0.3) is 10.9 Å². The van der Waals surface area contributed by atoms with E-state index >= 15 is 0 Å². The molecule has 3 aliphatic rings. The maximum Gasteiger partial charge on any atom is 0.317 e. The number of rotatable bonds is 39. The number of hydrogen-bond donors (Lipinski definition) is 15. The number of H-pyrrole nitrogens is 2. The van der Waals surface area contributed by atoms with E-state index in [9.17, 15) is 87.2 Å². The van der Waals surface area contributed by atoms with E-state index in [1.165, 1.54) is 43.2 Å². The number of nitrogens with one attached hydrogen (secondary N) is 10. The number of para-hydroxylation sites is 1. The molecule has 38 nitrogen and oxygen atoms in total. The smallest absolute Gasteiger partial charge is 0.317 e. The van der Waals surface area contributed by atoms with Crippen molar-refractivity contribution in [3.63, 3.8) is 0 Å². The molecule has 115 heavy (non-hydrogen) atoms. The number of piperidine rings is 1. The summed E-state index contributed by atoms with van der Waals surface area (Å²) >= 11 is 1.34. The molecule has 39 heteroatoms. The number of carbonyl (C=O) groups is 15. The molecule has 0 aliphatic carbocycles. The maximum atomic E-state index is 14.8. The molecule has 4 aromatic rings. The van der Waals surface area contributed by atoms with Gasteiger partial charge in [0.05, 0.1) is 51.5 Å². The minimum Gasteiger partial charge on any atom is -0.480 e. The number of primary amides is 2. The molecule has 2 aromatic carbocycles. The molecule has 7 rings (SSSR count). The number of carboxylic acids is 3. The number of aromatic nitrogens is 3. The number of imidazole rings is 1. The molecule has 3 aliphatic heterocycles. The molecule has 0 radical (unpaired) electrons. The second kappa shape index (κ2) is 44.3. The number of nitrogens with two attached hydrogens (primary N) is 2. The predicted molar refractivity (Wildman–Crippen MR) is 422 cm³/mol. The number of thioether (sulfide) groups is 1. The SMILES string of the molecule is CC(C)C[C@H](NC(=O)[C@H](Cc1cnc[nH]1)N(C)C(=O)CNC(=O)[C@@H](NC(=O)[C@H](C)NC(=O)[C@H](Cc1c[nH]c2ccccc12)NC(=O)[C@H](CCC(N)=O)NC(=O)[C@@H](Cc1ccccc1)NC(=O)CN1CCC(NC(=O)CN2CCN(CC(=O)O)CCN(CC(=O)O)CCN(CC(=O)O)CC2)CC1)C(C)(C)C)C(=O)N1CSC[C@H]1C(N)=O. The minimum atomic E-state index is -1.56. The van der Waals surface area contributed by atoms with E-state index in [-0.39, 0.29) is 141 Å². The lowest BCUT2D eigenvalue weighted by Gasteiger charge is -2.34. The lowest BCUT2D eigenvalue weighted by Crippen LogP contribution is -2.61. The first kappa shape index (κ1) is 91.6. The van der Waals surface area contributed by atoms with Crippen molar-refractivity contribution in [3.8, 4) is 0 Å². The van der Waals surface area contributed by atoms with E-state index in [2.05, 4.69) is 57.5 Å². The van der Waals surface area contributed by atoms with Crippen molar-refractivity contribution in [2.24, 2.45) is 22.8 Å². The highest BCUT2D eigenvalue weighted by molar-refractivity contribution is 7.99. The van der Waals surface area contributed by atoms with Crippen LogP contribution >= 0.6 is 11.8 Å². The van der Waals surface area contributed by atoms with Crippen molar-refractivity contribution in [1.82, 2.24) is 91.8 Å². The maximum absolute atomic E-state index is 14.8. The summed E-state index contributed by atoms with van der Waals surface area (Å²) in [5.41, 5.74) is 12.5. The number of fused-ring (bicyclic) bond motifs is 1. The van der Waals surface area contributed by atoms with Crippen LogP contribution in [0.1, 0.15) is 90.5 Å². The number of likely N-dealkylation sites (N-methyl/N-ethyl adjacent to an activating group) is 1. The zero-order valence-electron chi connectivity index (χ0n) is 66.2. The third-order valence-corrected chi connectivity index (χ3v) is 21.2. The van der Waals surface area contributed by atoms with Gasteiger partial charge in [-0.2, -0.15) is 0 Å². The van der Waals surface area contributed by atoms with Gasteiger partial charge in [-0.15, -0.1) is 11.8 Å². The molecule has 0 bridgehead atoms. The number of nitrogens with zero attached hydrogens (tertiary/aromatic N) is 8. The van der Waals surface area contributed by atoms with Gasteiger partial charge in [0.15, 0.2) is 0 Å². The summed E-state index contributed by atoms with van der Waals surface area (Å²) in [6.07, 6.45) is 4.40. The predicted octanol–water partition coefficient (Wildman–Crippen LogP) is -3.41. The van der Waals surface area contributed by atoms with Crippen LogP contribution in [0, 0.1) is 11.3 Å². The van der Waals surface area contributed by atoms with E-state index < -0.39 is 150 Å². The van der Waals surface area contributed by atoms with Crippen LogP contribution in [-0.2, 0) is 91.2 Å². The van der Waals surface area contributed by atoms with E-state index in [1.54, 1.807) is 96.3 Å². The molecule has 3 fully saturated rings. The van der Waals surface area contributed by atoms with Crippen molar-refractivity contribution in [3.05, 3.63) is 90.1 Å². The first-order valence-electron chi connectivity index (χ1n) is 38.4. The number of hydrogen-bond acceptors (Lipinski definition) is 22. The van der Waals surface area contributed by atoms with Crippen LogP contribution < -0.4 is 54.0 Å². The third-order valence-electron chi connectivity index (χ3n) is 20.2. The van der Waals surface area contributed by atoms with Gasteiger partial charge in [-0.1, -0.05) is 83.1 Å². The summed E-state index contributed by atoms with van der Waals surface area (Å²) in [7, 11) is 1.35. The number of aromatic amines is 2. The highest BCUT2D eigenvalue weighted by Crippen LogP contribution is 2.25. The number of benzene rings is 2. The number of aliphatic carboxylic acids is 3. The fourth-order valence-electron chi connectivity index (χ4n) is 13.8. The van der Waals surface area contributed by atoms with Crippen molar-refractivity contribution < 1.29 is 87.2 Å². The van der Waals surface area contributed by atoms with Crippen LogP contribution in [0.2, 0.25) is 0 Å². The number of carboxylic acid groups (broad SMARTS) is 3. The molecule has 630 valence electrons. The van der Waals surface area contributed by atoms with Crippen LogP contribution in [0.5, 0.6) is 0 Å². The lowest BCUT2D eigenvalue weighted by atomic mass is 9.86. The summed E-state index contributed by atoms with van der Waals surface area (Å²) in [6.45, 7) is 10.6. The third kappa shape index (κ3) is 29.9. The molecular weight excluding hydrogens is 1510 g/mol. The fourth-order valence-corrected chi connectivity index (χ4v) is 15.0. The molecule has 8 atom stereocenters. The highest BCUT2D eigenvalue weighted by atomic mass is 32.2. The normalized spacial score (nSPS) is 17.8. The van der Waals surface area contributed by atoms with Gasteiger partial charge < -0.3 is 89.1 Å².